The predicted molar refractivity (Wildman–Crippen MR) is 77.1 cm³/mol. The third-order valence-electron chi connectivity index (χ3n) is 3.48. The average molecular weight is 269 g/mol. The van der Waals surface area contributed by atoms with E-state index in [1.165, 1.54) is 0 Å². The number of piperidine rings is 1. The van der Waals surface area contributed by atoms with Crippen molar-refractivity contribution in [3.8, 4) is 0 Å². The van der Waals surface area contributed by atoms with Crippen molar-refractivity contribution in [2.75, 3.05) is 26.2 Å². The van der Waals surface area contributed by atoms with Crippen molar-refractivity contribution in [1.82, 2.24) is 15.5 Å². The van der Waals surface area contributed by atoms with Crippen LogP contribution in [0.3, 0.4) is 0 Å². The molecule has 1 fully saturated rings. The maximum atomic E-state index is 11.8. The summed E-state index contributed by atoms with van der Waals surface area (Å²) in [6.07, 6.45) is 5.44. The van der Waals surface area contributed by atoms with Crippen LogP contribution in [-0.2, 0) is 0 Å². The van der Waals surface area contributed by atoms with Crippen molar-refractivity contribution in [2.45, 2.75) is 44.7 Å². The third kappa shape index (κ3) is 6.59. The van der Waals surface area contributed by atoms with Gasteiger partial charge in [0.25, 0.3) is 0 Å². The molecular weight excluding hydrogens is 242 g/mol. The fourth-order valence-corrected chi connectivity index (χ4v) is 2.36. The molecule has 1 unspecified atom stereocenters. The minimum Gasteiger partial charge on any atom is -0.396 e. The van der Waals surface area contributed by atoms with Gasteiger partial charge in [-0.25, -0.2) is 4.79 Å². The Morgan fingerprint density at radius 2 is 2.21 bits per heavy atom. The van der Waals surface area contributed by atoms with Gasteiger partial charge in [0.2, 0.25) is 0 Å². The first-order valence-electron chi connectivity index (χ1n) is 7.16. The number of likely N-dealkylation sites (tertiary alicyclic amines) is 1. The summed E-state index contributed by atoms with van der Waals surface area (Å²) in [6.45, 7) is 8.83. The molecule has 0 aromatic rings. The van der Waals surface area contributed by atoms with E-state index in [1.807, 2.05) is 13.0 Å². The largest absolute Gasteiger partial charge is 0.396 e. The maximum absolute atomic E-state index is 11.8. The van der Waals surface area contributed by atoms with Crippen molar-refractivity contribution in [2.24, 2.45) is 0 Å². The van der Waals surface area contributed by atoms with Crippen molar-refractivity contribution < 1.29 is 9.90 Å². The molecule has 110 valence electrons. The Labute approximate surface area is 116 Å². The van der Waals surface area contributed by atoms with Crippen molar-refractivity contribution in [1.29, 1.82) is 0 Å². The first kappa shape index (κ1) is 16.0. The summed E-state index contributed by atoms with van der Waals surface area (Å²) >= 11 is 0. The van der Waals surface area contributed by atoms with Crippen molar-refractivity contribution >= 4 is 6.03 Å². The Kier molecular flexibility index (Phi) is 7.52. The summed E-state index contributed by atoms with van der Waals surface area (Å²) in [5.74, 6) is 0. The highest BCUT2D eigenvalue weighted by atomic mass is 16.3. The number of aliphatic hydroxyl groups excluding tert-OH is 1. The van der Waals surface area contributed by atoms with E-state index in [0.717, 1.165) is 45.3 Å². The van der Waals surface area contributed by atoms with Gasteiger partial charge in [0, 0.05) is 38.3 Å². The number of nitrogens with one attached hydrogen (secondary N) is 2. The number of hydrogen-bond donors (Lipinski definition) is 3. The van der Waals surface area contributed by atoms with E-state index in [2.05, 4.69) is 22.1 Å². The van der Waals surface area contributed by atoms with Crippen LogP contribution in [0.5, 0.6) is 0 Å². The summed E-state index contributed by atoms with van der Waals surface area (Å²) in [7, 11) is 0. The Morgan fingerprint density at radius 3 is 2.79 bits per heavy atom. The van der Waals surface area contributed by atoms with Gasteiger partial charge in [0.15, 0.2) is 0 Å². The zero-order valence-corrected chi connectivity index (χ0v) is 11.9. The summed E-state index contributed by atoms with van der Waals surface area (Å²) < 4.78 is 0. The number of aliphatic hydroxyl groups is 1. The van der Waals surface area contributed by atoms with Gasteiger partial charge in [-0.15, -0.1) is 6.58 Å². The van der Waals surface area contributed by atoms with Gasteiger partial charge < -0.3 is 15.7 Å². The topological polar surface area (TPSA) is 64.6 Å². The lowest BCUT2D eigenvalue weighted by Crippen LogP contribution is -2.49. The molecule has 0 radical (unpaired) electrons. The number of nitrogens with zero attached hydrogens (tertiary/aromatic N) is 1. The zero-order chi connectivity index (χ0) is 14.1. The van der Waals surface area contributed by atoms with Crippen LogP contribution in [0.15, 0.2) is 12.7 Å². The molecule has 2 amide bonds. The van der Waals surface area contributed by atoms with Gasteiger partial charge in [-0.05, 0) is 32.6 Å². The molecule has 19 heavy (non-hydrogen) atoms. The average Bonchev–Trinajstić information content (AvgIpc) is 2.39. The van der Waals surface area contributed by atoms with Crippen LogP contribution in [-0.4, -0.2) is 54.4 Å². The standard InChI is InChI=1S/C14H27N3O2/c1-3-8-17-9-6-13(7-10-17)16-14(19)15-12(2)5-4-11-18/h3,12-13,18H,1,4-11H2,2H3,(H2,15,16,19). The van der Waals surface area contributed by atoms with Crippen LogP contribution >= 0.6 is 0 Å². The lowest BCUT2D eigenvalue weighted by Gasteiger charge is -2.31. The van der Waals surface area contributed by atoms with Gasteiger partial charge in [-0.1, -0.05) is 6.08 Å². The molecule has 0 aromatic heterocycles. The van der Waals surface area contributed by atoms with Gasteiger partial charge in [-0.3, -0.25) is 4.90 Å². The molecule has 5 nitrogen and oxygen atoms in total. The Morgan fingerprint density at radius 1 is 1.53 bits per heavy atom. The van der Waals surface area contributed by atoms with E-state index in [0.29, 0.717) is 0 Å². The number of amides is 2. The fraction of sp³-hybridized carbons (Fsp3) is 0.786. The number of carbonyl (C=O) groups is 1. The minimum atomic E-state index is -0.0902. The van der Waals surface area contributed by atoms with E-state index in [9.17, 15) is 4.79 Å². The van der Waals surface area contributed by atoms with Crippen molar-refractivity contribution in [3.05, 3.63) is 12.7 Å². The summed E-state index contributed by atoms with van der Waals surface area (Å²) in [5, 5.41) is 14.7. The molecule has 0 aliphatic carbocycles. The first-order chi connectivity index (χ1) is 9.15. The quantitative estimate of drug-likeness (QED) is 0.606. The summed E-state index contributed by atoms with van der Waals surface area (Å²) in [5.41, 5.74) is 0. The molecule has 0 spiro atoms. The first-order valence-corrected chi connectivity index (χ1v) is 7.16. The second-order valence-electron chi connectivity index (χ2n) is 5.25. The number of carbonyl (C=O) groups excluding carboxylic acids is 1. The molecule has 0 bridgehead atoms. The van der Waals surface area contributed by atoms with Crippen LogP contribution in [0.25, 0.3) is 0 Å². The predicted octanol–water partition coefficient (Wildman–Crippen LogP) is 1.10. The number of hydrogen-bond acceptors (Lipinski definition) is 3. The van der Waals surface area contributed by atoms with Crippen molar-refractivity contribution in [3.63, 3.8) is 0 Å². The minimum absolute atomic E-state index is 0.0902. The van der Waals surface area contributed by atoms with E-state index in [4.69, 9.17) is 5.11 Å². The van der Waals surface area contributed by atoms with E-state index >= 15 is 0 Å². The normalized spacial score (nSPS) is 18.8. The van der Waals surface area contributed by atoms with Crippen LogP contribution in [0, 0.1) is 0 Å². The lowest BCUT2D eigenvalue weighted by atomic mass is 10.1. The molecule has 3 N–H and O–H groups in total. The highest BCUT2D eigenvalue weighted by Gasteiger charge is 2.20. The van der Waals surface area contributed by atoms with Gasteiger partial charge >= 0.3 is 6.03 Å². The van der Waals surface area contributed by atoms with Crippen LogP contribution in [0.2, 0.25) is 0 Å². The SMILES string of the molecule is C=CCN1CCC(NC(=O)NC(C)CCCO)CC1. The second-order valence-corrected chi connectivity index (χ2v) is 5.25. The molecule has 0 saturated carbocycles. The molecular formula is C14H27N3O2. The molecule has 1 aliphatic heterocycles. The molecule has 1 saturated heterocycles. The lowest BCUT2D eigenvalue weighted by molar-refractivity contribution is 0.201. The highest BCUT2D eigenvalue weighted by molar-refractivity contribution is 5.74. The van der Waals surface area contributed by atoms with E-state index in [-0.39, 0.29) is 24.7 Å². The molecule has 5 heteroatoms. The van der Waals surface area contributed by atoms with Crippen LogP contribution < -0.4 is 10.6 Å². The third-order valence-corrected chi connectivity index (χ3v) is 3.48. The zero-order valence-electron chi connectivity index (χ0n) is 11.9. The monoisotopic (exact) mass is 269 g/mol. The van der Waals surface area contributed by atoms with E-state index in [1.54, 1.807) is 0 Å². The fourth-order valence-electron chi connectivity index (χ4n) is 2.36. The Bertz CT molecular complexity index is 276. The van der Waals surface area contributed by atoms with Gasteiger partial charge in [0.05, 0.1) is 0 Å². The molecule has 1 heterocycles. The Hall–Kier alpha value is -1.07. The number of rotatable bonds is 7. The van der Waals surface area contributed by atoms with Crippen LogP contribution in [0.4, 0.5) is 4.79 Å². The van der Waals surface area contributed by atoms with E-state index < -0.39 is 0 Å². The van der Waals surface area contributed by atoms with Gasteiger partial charge in [0.1, 0.15) is 0 Å². The highest BCUT2D eigenvalue weighted by Crippen LogP contribution is 2.09. The molecule has 1 atom stereocenters. The summed E-state index contributed by atoms with van der Waals surface area (Å²) in [4.78, 5) is 14.1. The molecule has 1 aliphatic rings. The molecule has 1 rings (SSSR count). The summed E-state index contributed by atoms with van der Waals surface area (Å²) in [6, 6.07) is 0.284. The smallest absolute Gasteiger partial charge is 0.315 e. The Balaban J connectivity index is 2.17. The second kappa shape index (κ2) is 8.93. The number of urea groups is 1. The van der Waals surface area contributed by atoms with Crippen LogP contribution in [0.1, 0.15) is 32.6 Å². The maximum Gasteiger partial charge on any atom is 0.315 e. The van der Waals surface area contributed by atoms with Gasteiger partial charge in [-0.2, -0.15) is 0 Å². The molecule has 0 aromatic carbocycles.